The van der Waals surface area contributed by atoms with Gasteiger partial charge in [-0.05, 0) is 31.2 Å². The van der Waals surface area contributed by atoms with Gasteiger partial charge in [-0.25, -0.2) is 4.39 Å². The highest BCUT2D eigenvalue weighted by atomic mass is 19.1. The molecule has 0 bridgehead atoms. The summed E-state index contributed by atoms with van der Waals surface area (Å²) in [5.41, 5.74) is 0.821. The van der Waals surface area contributed by atoms with E-state index in [-0.39, 0.29) is 23.3 Å². The van der Waals surface area contributed by atoms with E-state index in [1.54, 1.807) is 6.07 Å². The maximum atomic E-state index is 13.6. The second-order valence-electron chi connectivity index (χ2n) is 5.17. The minimum Gasteiger partial charge on any atom is -0.494 e. The Morgan fingerprint density at radius 2 is 2.35 bits per heavy atom. The summed E-state index contributed by atoms with van der Waals surface area (Å²) in [6, 6.07) is 4.85. The molecule has 20 heavy (non-hydrogen) atoms. The van der Waals surface area contributed by atoms with Crippen molar-refractivity contribution in [1.29, 1.82) is 0 Å². The first-order chi connectivity index (χ1) is 9.60. The van der Waals surface area contributed by atoms with Crippen molar-refractivity contribution < 1.29 is 18.7 Å². The first kappa shape index (κ1) is 14.9. The number of ether oxygens (including phenoxy) is 2. The number of carbonyl (C=O) groups excluding carboxylic acids is 1. The van der Waals surface area contributed by atoms with Crippen molar-refractivity contribution in [3.8, 4) is 5.75 Å². The molecule has 0 radical (unpaired) electrons. The molecule has 1 aliphatic rings. The minimum absolute atomic E-state index is 0.0186. The van der Waals surface area contributed by atoms with Gasteiger partial charge in [0.2, 0.25) is 0 Å². The summed E-state index contributed by atoms with van der Waals surface area (Å²) >= 11 is 0. The molecule has 2 rings (SSSR count). The van der Waals surface area contributed by atoms with Crippen LogP contribution in [0.4, 0.5) is 4.39 Å². The molecule has 0 aromatic heterocycles. The van der Waals surface area contributed by atoms with Crippen LogP contribution in [0.5, 0.6) is 5.75 Å². The van der Waals surface area contributed by atoms with E-state index in [9.17, 15) is 9.18 Å². The molecular formula is C15H20FNO3. The van der Waals surface area contributed by atoms with Gasteiger partial charge in [-0.1, -0.05) is 6.07 Å². The number of methoxy groups -OCH3 is 1. The molecule has 0 spiro atoms. The normalized spacial score (nSPS) is 18.5. The van der Waals surface area contributed by atoms with Crippen molar-refractivity contribution in [3.63, 3.8) is 0 Å². The SMILES string of the molecule is COc1ccc(CN(C)CC(=O)C2CCOC2)cc1F. The maximum Gasteiger partial charge on any atom is 0.165 e. The van der Waals surface area contributed by atoms with Crippen molar-refractivity contribution >= 4 is 5.78 Å². The summed E-state index contributed by atoms with van der Waals surface area (Å²) in [4.78, 5) is 13.9. The molecule has 0 amide bonds. The van der Waals surface area contributed by atoms with Crippen LogP contribution in [0, 0.1) is 11.7 Å². The Bertz CT molecular complexity index is 472. The summed E-state index contributed by atoms with van der Waals surface area (Å²) in [5.74, 6) is 0.0635. The van der Waals surface area contributed by atoms with Crippen LogP contribution in [0.1, 0.15) is 12.0 Å². The number of halogens is 1. The minimum atomic E-state index is -0.381. The molecule has 110 valence electrons. The highest BCUT2D eigenvalue weighted by molar-refractivity contribution is 5.83. The number of hydrogen-bond donors (Lipinski definition) is 0. The van der Waals surface area contributed by atoms with E-state index in [2.05, 4.69) is 0 Å². The molecule has 4 nitrogen and oxygen atoms in total. The molecule has 1 unspecified atom stereocenters. The largest absolute Gasteiger partial charge is 0.494 e. The summed E-state index contributed by atoms with van der Waals surface area (Å²) in [6.07, 6.45) is 0.809. The van der Waals surface area contributed by atoms with Crippen molar-refractivity contribution in [2.75, 3.05) is 33.9 Å². The fraction of sp³-hybridized carbons (Fsp3) is 0.533. The van der Waals surface area contributed by atoms with E-state index < -0.39 is 0 Å². The number of Topliss-reactive ketones (excluding diaryl/α,β-unsaturated/α-hetero) is 1. The smallest absolute Gasteiger partial charge is 0.165 e. The van der Waals surface area contributed by atoms with Gasteiger partial charge in [0.25, 0.3) is 0 Å². The summed E-state index contributed by atoms with van der Waals surface area (Å²) < 4.78 is 23.7. The van der Waals surface area contributed by atoms with Crippen LogP contribution in [0.15, 0.2) is 18.2 Å². The van der Waals surface area contributed by atoms with E-state index in [4.69, 9.17) is 9.47 Å². The average Bonchev–Trinajstić information content (AvgIpc) is 2.92. The third kappa shape index (κ3) is 3.77. The zero-order chi connectivity index (χ0) is 14.5. The third-order valence-corrected chi connectivity index (χ3v) is 3.48. The van der Waals surface area contributed by atoms with Crippen molar-refractivity contribution in [1.82, 2.24) is 4.90 Å². The van der Waals surface area contributed by atoms with Crippen LogP contribution in [-0.2, 0) is 16.1 Å². The Labute approximate surface area is 118 Å². The Morgan fingerprint density at radius 3 is 2.95 bits per heavy atom. The predicted octanol–water partition coefficient (Wildman–Crippen LogP) is 1.87. The Hall–Kier alpha value is -1.46. The van der Waals surface area contributed by atoms with Crippen LogP contribution in [0.2, 0.25) is 0 Å². The fourth-order valence-corrected chi connectivity index (χ4v) is 2.36. The van der Waals surface area contributed by atoms with Gasteiger partial charge < -0.3 is 9.47 Å². The molecule has 1 aromatic carbocycles. The van der Waals surface area contributed by atoms with E-state index in [0.29, 0.717) is 26.3 Å². The van der Waals surface area contributed by atoms with Crippen molar-refractivity contribution in [2.24, 2.45) is 5.92 Å². The van der Waals surface area contributed by atoms with E-state index in [1.807, 2.05) is 18.0 Å². The number of benzene rings is 1. The van der Waals surface area contributed by atoms with E-state index in [0.717, 1.165) is 12.0 Å². The first-order valence-electron chi connectivity index (χ1n) is 6.71. The molecule has 1 heterocycles. The maximum absolute atomic E-state index is 13.6. The van der Waals surface area contributed by atoms with Crippen molar-refractivity contribution in [2.45, 2.75) is 13.0 Å². The molecule has 0 N–H and O–H groups in total. The van der Waals surface area contributed by atoms with Crippen LogP contribution in [-0.4, -0.2) is 44.6 Å². The van der Waals surface area contributed by atoms with Gasteiger partial charge >= 0.3 is 0 Å². The van der Waals surface area contributed by atoms with Gasteiger partial charge in [0.05, 0.1) is 20.3 Å². The second kappa shape index (κ2) is 6.81. The van der Waals surface area contributed by atoms with E-state index in [1.165, 1.54) is 13.2 Å². The summed E-state index contributed by atoms with van der Waals surface area (Å²) in [7, 11) is 3.29. The lowest BCUT2D eigenvalue weighted by Gasteiger charge is -2.18. The standard InChI is InChI=1S/C15H20FNO3/c1-17(9-14(18)12-5-6-20-10-12)8-11-3-4-15(19-2)13(16)7-11/h3-4,7,12H,5-6,8-10H2,1-2H3. The Kier molecular flexibility index (Phi) is 5.09. The molecule has 1 atom stereocenters. The van der Waals surface area contributed by atoms with Gasteiger partial charge in [0.15, 0.2) is 17.3 Å². The molecular weight excluding hydrogens is 261 g/mol. The number of carbonyl (C=O) groups is 1. The van der Waals surface area contributed by atoms with Crippen molar-refractivity contribution in [3.05, 3.63) is 29.6 Å². The van der Waals surface area contributed by atoms with Gasteiger partial charge in [-0.2, -0.15) is 0 Å². The van der Waals surface area contributed by atoms with Gasteiger partial charge in [0.1, 0.15) is 0 Å². The molecule has 0 saturated carbocycles. The lowest BCUT2D eigenvalue weighted by molar-refractivity contribution is -0.123. The first-order valence-corrected chi connectivity index (χ1v) is 6.71. The molecule has 1 aromatic rings. The summed E-state index contributed by atoms with van der Waals surface area (Å²) in [6.45, 7) is 2.09. The molecule has 1 saturated heterocycles. The van der Waals surface area contributed by atoms with Crippen LogP contribution in [0.3, 0.4) is 0 Å². The van der Waals surface area contributed by atoms with Gasteiger partial charge in [-0.3, -0.25) is 9.69 Å². The number of likely N-dealkylation sites (N-methyl/N-ethyl adjacent to an activating group) is 1. The topological polar surface area (TPSA) is 38.8 Å². The van der Waals surface area contributed by atoms with Gasteiger partial charge in [0, 0.05) is 19.1 Å². The second-order valence-corrected chi connectivity index (χ2v) is 5.17. The summed E-state index contributed by atoms with van der Waals surface area (Å²) in [5, 5.41) is 0. The molecule has 5 heteroatoms. The Morgan fingerprint density at radius 1 is 1.55 bits per heavy atom. The molecule has 1 aliphatic heterocycles. The monoisotopic (exact) mass is 281 g/mol. The van der Waals surface area contributed by atoms with Crippen LogP contribution < -0.4 is 4.74 Å². The van der Waals surface area contributed by atoms with Gasteiger partial charge in [-0.15, -0.1) is 0 Å². The highest BCUT2D eigenvalue weighted by Gasteiger charge is 2.24. The van der Waals surface area contributed by atoms with Crippen LogP contribution in [0.25, 0.3) is 0 Å². The lowest BCUT2D eigenvalue weighted by atomic mass is 10.0. The number of rotatable bonds is 6. The molecule has 1 fully saturated rings. The van der Waals surface area contributed by atoms with E-state index >= 15 is 0 Å². The quantitative estimate of drug-likeness (QED) is 0.798. The zero-order valence-electron chi connectivity index (χ0n) is 11.9. The Balaban J connectivity index is 1.88. The lowest BCUT2D eigenvalue weighted by Crippen LogP contribution is -2.30. The molecule has 0 aliphatic carbocycles. The third-order valence-electron chi connectivity index (χ3n) is 3.48. The average molecular weight is 281 g/mol. The highest BCUT2D eigenvalue weighted by Crippen LogP contribution is 2.19. The number of ketones is 1. The number of nitrogens with zero attached hydrogens (tertiary/aromatic N) is 1. The number of hydrogen-bond acceptors (Lipinski definition) is 4. The zero-order valence-corrected chi connectivity index (χ0v) is 11.9. The fourth-order valence-electron chi connectivity index (χ4n) is 2.36. The predicted molar refractivity (Wildman–Crippen MR) is 73.2 cm³/mol. The van der Waals surface area contributed by atoms with Crippen LogP contribution >= 0.6 is 0 Å².